The molecule has 2 aromatic heterocycles. The Labute approximate surface area is 130 Å². The van der Waals surface area contributed by atoms with E-state index in [0.717, 1.165) is 39.3 Å². The van der Waals surface area contributed by atoms with Gasteiger partial charge >= 0.3 is 5.69 Å². The molecule has 1 fully saturated rings. The van der Waals surface area contributed by atoms with Crippen molar-refractivity contribution in [3.8, 4) is 0 Å². The highest BCUT2D eigenvalue weighted by molar-refractivity contribution is 9.10. The lowest BCUT2D eigenvalue weighted by Crippen LogP contribution is -2.41. The van der Waals surface area contributed by atoms with Crippen LogP contribution in [0, 0.1) is 0 Å². The van der Waals surface area contributed by atoms with Crippen molar-refractivity contribution in [2.45, 2.75) is 19.4 Å². The Hall–Kier alpha value is -1.25. The molecule has 2 aromatic rings. The third-order valence-corrected chi connectivity index (χ3v) is 4.19. The van der Waals surface area contributed by atoms with E-state index in [2.05, 4.69) is 42.7 Å². The number of morpholine rings is 1. The molecule has 7 nitrogen and oxygen atoms in total. The maximum atomic E-state index is 12.3. The van der Waals surface area contributed by atoms with Crippen molar-refractivity contribution >= 4 is 27.2 Å². The van der Waals surface area contributed by atoms with Crippen LogP contribution in [0.3, 0.4) is 0 Å². The number of imidazole rings is 1. The summed E-state index contributed by atoms with van der Waals surface area (Å²) in [6, 6.07) is 0.0768. The third-order valence-electron chi connectivity index (χ3n) is 3.81. The highest BCUT2D eigenvalue weighted by Gasteiger charge is 2.21. The van der Waals surface area contributed by atoms with Crippen molar-refractivity contribution in [2.24, 2.45) is 0 Å². The summed E-state index contributed by atoms with van der Waals surface area (Å²) in [7, 11) is 0. The summed E-state index contributed by atoms with van der Waals surface area (Å²) >= 11 is 3.32. The Balaban J connectivity index is 1.94. The highest BCUT2D eigenvalue weighted by atomic mass is 79.9. The van der Waals surface area contributed by atoms with Crippen LogP contribution < -0.4 is 5.69 Å². The van der Waals surface area contributed by atoms with Gasteiger partial charge in [-0.15, -0.1) is 0 Å². The Morgan fingerprint density at radius 1 is 1.48 bits per heavy atom. The number of aromatic nitrogens is 4. The second-order valence-corrected chi connectivity index (χ2v) is 5.95. The van der Waals surface area contributed by atoms with Crippen molar-refractivity contribution in [3.05, 3.63) is 21.3 Å². The lowest BCUT2D eigenvalue weighted by atomic mass is 10.2. The topological polar surface area (TPSA) is 76.0 Å². The minimum Gasteiger partial charge on any atom is -0.379 e. The summed E-state index contributed by atoms with van der Waals surface area (Å²) in [5, 5.41) is 0. The predicted octanol–water partition coefficient (Wildman–Crippen LogP) is 1.17. The maximum Gasteiger partial charge on any atom is 0.329 e. The van der Waals surface area contributed by atoms with Crippen LogP contribution in [0.2, 0.25) is 0 Å². The zero-order chi connectivity index (χ0) is 14.8. The molecular weight excluding hydrogens is 338 g/mol. The van der Waals surface area contributed by atoms with Crippen LogP contribution in [-0.2, 0) is 4.74 Å². The van der Waals surface area contributed by atoms with Gasteiger partial charge in [-0.3, -0.25) is 14.5 Å². The van der Waals surface area contributed by atoms with Crippen molar-refractivity contribution in [2.75, 3.05) is 32.8 Å². The Bertz CT molecular complexity index is 677. The minimum atomic E-state index is -0.150. The quantitative estimate of drug-likeness (QED) is 0.890. The zero-order valence-corrected chi connectivity index (χ0v) is 13.5. The number of fused-ring (bicyclic) bond motifs is 1. The molecule has 1 aliphatic heterocycles. The van der Waals surface area contributed by atoms with E-state index in [9.17, 15) is 4.79 Å². The number of H-pyrrole nitrogens is 1. The molecule has 3 heterocycles. The van der Waals surface area contributed by atoms with Gasteiger partial charge in [-0.2, -0.15) is 0 Å². The van der Waals surface area contributed by atoms with E-state index in [1.165, 1.54) is 0 Å². The molecule has 0 unspecified atom stereocenters. The van der Waals surface area contributed by atoms with Gasteiger partial charge < -0.3 is 4.74 Å². The fraction of sp³-hybridized carbons (Fsp3) is 0.615. The number of rotatable bonds is 4. The monoisotopic (exact) mass is 355 g/mol. The molecule has 0 aromatic carbocycles. The summed E-state index contributed by atoms with van der Waals surface area (Å²) in [4.78, 5) is 26.0. The average molecular weight is 356 g/mol. The molecule has 0 spiro atoms. The summed E-state index contributed by atoms with van der Waals surface area (Å²) in [6.07, 6.45) is 2.45. The number of halogens is 1. The van der Waals surface area contributed by atoms with Gasteiger partial charge in [0.15, 0.2) is 11.3 Å². The largest absolute Gasteiger partial charge is 0.379 e. The SMILES string of the molecule is CC[C@H](CN1CCOCC1)n1c(=O)[nH]c2ncc(Br)nc21. The van der Waals surface area contributed by atoms with Gasteiger partial charge in [0.05, 0.1) is 25.5 Å². The fourth-order valence-electron chi connectivity index (χ4n) is 2.69. The molecule has 0 radical (unpaired) electrons. The summed E-state index contributed by atoms with van der Waals surface area (Å²) < 4.78 is 7.72. The van der Waals surface area contributed by atoms with Crippen LogP contribution in [-0.4, -0.2) is 57.3 Å². The van der Waals surface area contributed by atoms with Crippen LogP contribution in [0.15, 0.2) is 15.6 Å². The van der Waals surface area contributed by atoms with E-state index in [-0.39, 0.29) is 11.7 Å². The molecule has 0 aliphatic carbocycles. The van der Waals surface area contributed by atoms with Gasteiger partial charge in [-0.25, -0.2) is 14.8 Å². The van der Waals surface area contributed by atoms with E-state index < -0.39 is 0 Å². The van der Waals surface area contributed by atoms with Crippen molar-refractivity contribution in [1.29, 1.82) is 0 Å². The van der Waals surface area contributed by atoms with Gasteiger partial charge in [0.2, 0.25) is 0 Å². The van der Waals surface area contributed by atoms with Gasteiger partial charge in [0.25, 0.3) is 0 Å². The summed E-state index contributed by atoms with van der Waals surface area (Å²) in [6.45, 7) is 6.23. The molecule has 3 rings (SSSR count). The van der Waals surface area contributed by atoms with Crippen LogP contribution in [0.5, 0.6) is 0 Å². The summed E-state index contributed by atoms with van der Waals surface area (Å²) in [5.41, 5.74) is 0.987. The third kappa shape index (κ3) is 3.02. The molecule has 1 saturated heterocycles. The van der Waals surface area contributed by atoms with Gasteiger partial charge in [-0.05, 0) is 22.4 Å². The number of hydrogen-bond donors (Lipinski definition) is 1. The predicted molar refractivity (Wildman–Crippen MR) is 82.4 cm³/mol. The molecule has 1 aliphatic rings. The normalized spacial score (nSPS) is 18.2. The van der Waals surface area contributed by atoms with E-state index in [1.54, 1.807) is 10.8 Å². The first-order valence-corrected chi connectivity index (χ1v) is 7.91. The number of hydrogen-bond acceptors (Lipinski definition) is 5. The van der Waals surface area contributed by atoms with Crippen molar-refractivity contribution < 1.29 is 4.74 Å². The number of ether oxygens (including phenoxy) is 1. The molecule has 0 saturated carbocycles. The molecular formula is C13H18BrN5O2. The first-order chi connectivity index (χ1) is 10.2. The molecule has 0 amide bonds. The smallest absolute Gasteiger partial charge is 0.329 e. The van der Waals surface area contributed by atoms with Gasteiger partial charge in [-0.1, -0.05) is 6.92 Å². The second-order valence-electron chi connectivity index (χ2n) is 5.14. The van der Waals surface area contributed by atoms with Crippen LogP contribution in [0.4, 0.5) is 0 Å². The Morgan fingerprint density at radius 2 is 2.24 bits per heavy atom. The van der Waals surface area contributed by atoms with Gasteiger partial charge in [0, 0.05) is 19.6 Å². The van der Waals surface area contributed by atoms with E-state index in [0.29, 0.717) is 15.9 Å². The molecule has 8 heteroatoms. The Kier molecular flexibility index (Phi) is 4.37. The maximum absolute atomic E-state index is 12.3. The zero-order valence-electron chi connectivity index (χ0n) is 11.9. The minimum absolute atomic E-state index is 0.0768. The Morgan fingerprint density at radius 3 is 2.95 bits per heavy atom. The van der Waals surface area contributed by atoms with E-state index >= 15 is 0 Å². The molecule has 21 heavy (non-hydrogen) atoms. The number of nitrogens with one attached hydrogen (secondary N) is 1. The van der Waals surface area contributed by atoms with Crippen LogP contribution >= 0.6 is 15.9 Å². The van der Waals surface area contributed by atoms with Crippen molar-refractivity contribution in [1.82, 2.24) is 24.4 Å². The lowest BCUT2D eigenvalue weighted by molar-refractivity contribution is 0.0312. The molecule has 114 valence electrons. The highest BCUT2D eigenvalue weighted by Crippen LogP contribution is 2.18. The van der Waals surface area contributed by atoms with E-state index in [4.69, 9.17) is 4.74 Å². The number of aromatic amines is 1. The van der Waals surface area contributed by atoms with Gasteiger partial charge in [0.1, 0.15) is 4.60 Å². The average Bonchev–Trinajstić information content (AvgIpc) is 2.81. The molecule has 1 N–H and O–H groups in total. The summed E-state index contributed by atoms with van der Waals surface area (Å²) in [5.74, 6) is 0. The van der Waals surface area contributed by atoms with E-state index in [1.807, 2.05) is 0 Å². The lowest BCUT2D eigenvalue weighted by Gasteiger charge is -2.30. The standard InChI is InChI=1S/C13H18BrN5O2/c1-2-9(8-18-3-5-21-6-4-18)19-12-11(17-13(19)20)15-7-10(14)16-12/h7,9H,2-6,8H2,1H3,(H,15,17,20)/t9-/m1/s1. The van der Waals surface area contributed by atoms with Crippen LogP contribution in [0.1, 0.15) is 19.4 Å². The molecule has 1 atom stereocenters. The first-order valence-electron chi connectivity index (χ1n) is 7.12. The number of nitrogens with zero attached hydrogens (tertiary/aromatic N) is 4. The first kappa shape index (κ1) is 14.7. The fourth-order valence-corrected chi connectivity index (χ4v) is 2.96. The van der Waals surface area contributed by atoms with Crippen LogP contribution in [0.25, 0.3) is 11.3 Å². The second kappa shape index (κ2) is 6.25. The molecule has 0 bridgehead atoms. The van der Waals surface area contributed by atoms with Crippen molar-refractivity contribution in [3.63, 3.8) is 0 Å².